The fraction of sp³-hybridized carbons (Fsp3) is 0.265. The number of nitrogens with one attached hydrogen (secondary N) is 1. The minimum atomic E-state index is -1.16. The third kappa shape index (κ3) is 7.40. The molecule has 1 N–H and O–H groups in total. The van der Waals surface area contributed by atoms with Crippen molar-refractivity contribution >= 4 is 17.5 Å². The van der Waals surface area contributed by atoms with Gasteiger partial charge < -0.3 is 23.7 Å². The molecule has 4 aromatic rings. The maximum absolute atomic E-state index is 13.2. The zero-order chi connectivity index (χ0) is 30.9. The lowest BCUT2D eigenvalue weighted by molar-refractivity contribution is -0.155. The van der Waals surface area contributed by atoms with Crippen molar-refractivity contribution in [3.8, 4) is 5.75 Å². The van der Waals surface area contributed by atoms with Gasteiger partial charge in [-0.3, -0.25) is 14.3 Å². The maximum Gasteiger partial charge on any atom is 0.358 e. The normalized spacial score (nSPS) is 21.1. The van der Waals surface area contributed by atoms with Crippen molar-refractivity contribution in [2.24, 2.45) is 0 Å². The van der Waals surface area contributed by atoms with Gasteiger partial charge in [0.2, 0.25) is 0 Å². The van der Waals surface area contributed by atoms with E-state index in [1.54, 1.807) is 25.1 Å². The van der Waals surface area contributed by atoms with E-state index in [1.807, 2.05) is 78.9 Å². The van der Waals surface area contributed by atoms with Gasteiger partial charge >= 0.3 is 10.9 Å². The Bertz CT molecular complexity index is 1660. The number of para-hydroxylation sites is 1. The van der Waals surface area contributed by atoms with Crippen LogP contribution in [0.2, 0.25) is 0 Å². The molecule has 228 valence electrons. The number of rotatable bonds is 12. The quantitative estimate of drug-likeness (QED) is 0.171. The number of benzene rings is 3. The highest BCUT2D eigenvalue weighted by Crippen LogP contribution is 2.43. The van der Waals surface area contributed by atoms with E-state index in [4.69, 9.17) is 35.9 Å². The standard InChI is InChI=1S/C34H34N2O7S/c1-3-19-34(23-39-21-25-13-7-4-8-14-25)29(40-22-26-15-9-5-10-16-26)28(42-33(44)41-27-17-11-6-12-18-27)31(43-34)36-20-24(2)30(37)35-32(36)38/h3-18,20,28-29,31H,1,19,21-23H2,2H3,(H,35,37,38)/t28-,29+,31-,34-/m1/s1. The van der Waals surface area contributed by atoms with Crippen LogP contribution >= 0.6 is 12.2 Å². The van der Waals surface area contributed by atoms with Crippen LogP contribution in [0.1, 0.15) is 29.3 Å². The van der Waals surface area contributed by atoms with Gasteiger partial charge in [0.1, 0.15) is 17.5 Å². The number of aromatic nitrogens is 2. The molecule has 0 aliphatic carbocycles. The van der Waals surface area contributed by atoms with Crippen LogP contribution in [0.25, 0.3) is 0 Å². The maximum atomic E-state index is 13.2. The van der Waals surface area contributed by atoms with E-state index >= 15 is 0 Å². The van der Waals surface area contributed by atoms with Gasteiger partial charge in [0.15, 0.2) is 12.3 Å². The number of H-pyrrole nitrogens is 1. The van der Waals surface area contributed by atoms with Crippen molar-refractivity contribution < 1.29 is 23.7 Å². The Morgan fingerprint density at radius 1 is 0.977 bits per heavy atom. The van der Waals surface area contributed by atoms with Crippen LogP contribution in [0, 0.1) is 6.92 Å². The van der Waals surface area contributed by atoms with E-state index in [2.05, 4.69) is 11.6 Å². The smallest absolute Gasteiger partial charge is 0.358 e. The highest BCUT2D eigenvalue weighted by Gasteiger charge is 2.58. The molecule has 9 nitrogen and oxygen atoms in total. The van der Waals surface area contributed by atoms with Gasteiger partial charge in [-0.25, -0.2) is 4.79 Å². The molecule has 1 saturated heterocycles. The second-order valence-electron chi connectivity index (χ2n) is 10.5. The van der Waals surface area contributed by atoms with Crippen molar-refractivity contribution in [3.63, 3.8) is 0 Å². The average molecular weight is 615 g/mol. The molecule has 2 heterocycles. The second kappa shape index (κ2) is 14.4. The molecule has 5 rings (SSSR count). The molecule has 0 amide bonds. The molecule has 0 radical (unpaired) electrons. The van der Waals surface area contributed by atoms with Gasteiger partial charge in [0.25, 0.3) is 5.56 Å². The number of thiocarbonyl (C=S) groups is 1. The Balaban J connectivity index is 1.53. The summed E-state index contributed by atoms with van der Waals surface area (Å²) in [6, 6.07) is 28.4. The molecule has 4 atom stereocenters. The van der Waals surface area contributed by atoms with Crippen molar-refractivity contribution in [3.05, 3.63) is 147 Å². The molecule has 1 fully saturated rings. The molecule has 0 saturated carbocycles. The molecule has 1 aliphatic rings. The summed E-state index contributed by atoms with van der Waals surface area (Å²) in [5, 5.41) is -0.183. The van der Waals surface area contributed by atoms with Crippen molar-refractivity contribution in [1.82, 2.24) is 9.55 Å². The van der Waals surface area contributed by atoms with Crippen LogP contribution < -0.4 is 16.0 Å². The van der Waals surface area contributed by atoms with Gasteiger partial charge in [0, 0.05) is 24.0 Å². The molecule has 44 heavy (non-hydrogen) atoms. The van der Waals surface area contributed by atoms with Crippen molar-refractivity contribution in [1.29, 1.82) is 0 Å². The van der Waals surface area contributed by atoms with Gasteiger partial charge in [-0.15, -0.1) is 6.58 Å². The Hall–Kier alpha value is -4.35. The minimum Gasteiger partial charge on any atom is -0.446 e. The first-order valence-corrected chi connectivity index (χ1v) is 14.6. The second-order valence-corrected chi connectivity index (χ2v) is 10.8. The first-order chi connectivity index (χ1) is 21.4. The summed E-state index contributed by atoms with van der Waals surface area (Å²) in [5.41, 5.74) is -0.103. The minimum absolute atomic E-state index is 0.0765. The van der Waals surface area contributed by atoms with E-state index in [9.17, 15) is 9.59 Å². The highest BCUT2D eigenvalue weighted by molar-refractivity contribution is 7.79. The molecule has 0 spiro atoms. The first-order valence-electron chi connectivity index (χ1n) is 14.2. The van der Waals surface area contributed by atoms with Gasteiger partial charge in [0.05, 0.1) is 19.8 Å². The first kappa shape index (κ1) is 31.1. The average Bonchev–Trinajstić information content (AvgIpc) is 3.31. The van der Waals surface area contributed by atoms with Crippen LogP contribution in [-0.4, -0.2) is 39.2 Å². The highest BCUT2D eigenvalue weighted by atomic mass is 32.1. The van der Waals surface area contributed by atoms with Crippen LogP contribution in [0.5, 0.6) is 5.75 Å². The van der Waals surface area contributed by atoms with E-state index in [0.29, 0.717) is 24.3 Å². The third-order valence-corrected chi connectivity index (χ3v) is 7.45. The SMILES string of the molecule is C=CC[C@]1(COCc2ccccc2)O[C@@H](n2cc(C)c(=O)[nH]c2=O)[C@H](OC(=S)Oc2ccccc2)[C@@H]1OCc1ccccc1. The van der Waals surface area contributed by atoms with Crippen LogP contribution in [0.3, 0.4) is 0 Å². The third-order valence-electron chi connectivity index (χ3n) is 7.27. The number of hydrogen-bond acceptors (Lipinski definition) is 8. The molecule has 1 aromatic heterocycles. The fourth-order valence-corrected chi connectivity index (χ4v) is 5.37. The Labute approximate surface area is 260 Å². The molecule has 0 bridgehead atoms. The Kier molecular flexibility index (Phi) is 10.2. The van der Waals surface area contributed by atoms with Crippen LogP contribution in [0.15, 0.2) is 119 Å². The summed E-state index contributed by atoms with van der Waals surface area (Å²) in [7, 11) is 0. The summed E-state index contributed by atoms with van der Waals surface area (Å²) in [4.78, 5) is 27.8. The topological polar surface area (TPSA) is 101 Å². The van der Waals surface area contributed by atoms with E-state index in [0.717, 1.165) is 11.1 Å². The van der Waals surface area contributed by atoms with Crippen molar-refractivity contribution in [2.45, 2.75) is 50.6 Å². The Morgan fingerprint density at radius 2 is 1.59 bits per heavy atom. The molecular formula is C34H34N2O7S. The number of ether oxygens (including phenoxy) is 5. The fourth-order valence-electron chi connectivity index (χ4n) is 5.16. The van der Waals surface area contributed by atoms with E-state index < -0.39 is 35.3 Å². The lowest BCUT2D eigenvalue weighted by atomic mass is 9.91. The van der Waals surface area contributed by atoms with Crippen molar-refractivity contribution in [2.75, 3.05) is 6.61 Å². The molecular weight excluding hydrogens is 580 g/mol. The predicted molar refractivity (Wildman–Crippen MR) is 169 cm³/mol. The molecule has 1 aliphatic heterocycles. The molecule has 3 aromatic carbocycles. The number of hydrogen-bond donors (Lipinski definition) is 1. The Morgan fingerprint density at radius 3 is 2.23 bits per heavy atom. The lowest BCUT2D eigenvalue weighted by Crippen LogP contribution is -2.49. The summed E-state index contributed by atoms with van der Waals surface area (Å²) < 4.78 is 32.9. The van der Waals surface area contributed by atoms with E-state index in [1.165, 1.54) is 10.8 Å². The summed E-state index contributed by atoms with van der Waals surface area (Å²) in [6.45, 7) is 6.18. The summed E-state index contributed by atoms with van der Waals surface area (Å²) >= 11 is 5.52. The van der Waals surface area contributed by atoms with Gasteiger partial charge in [-0.2, -0.15) is 0 Å². The lowest BCUT2D eigenvalue weighted by Gasteiger charge is -2.34. The zero-order valence-corrected chi connectivity index (χ0v) is 25.1. The summed E-state index contributed by atoms with van der Waals surface area (Å²) in [6.07, 6.45) is 0.560. The largest absolute Gasteiger partial charge is 0.446 e. The predicted octanol–water partition coefficient (Wildman–Crippen LogP) is 5.24. The zero-order valence-electron chi connectivity index (χ0n) is 24.3. The van der Waals surface area contributed by atoms with Gasteiger partial charge in [-0.05, 0) is 36.6 Å². The monoisotopic (exact) mass is 614 g/mol. The van der Waals surface area contributed by atoms with E-state index in [-0.39, 0.29) is 18.5 Å². The van der Waals surface area contributed by atoms with Crippen LogP contribution in [-0.2, 0) is 32.2 Å². The van der Waals surface area contributed by atoms with Gasteiger partial charge in [-0.1, -0.05) is 84.9 Å². The molecule has 0 unspecified atom stereocenters. The number of aromatic amines is 1. The summed E-state index contributed by atoms with van der Waals surface area (Å²) in [5.74, 6) is 0.482. The molecule has 10 heteroatoms. The number of aryl methyl sites for hydroxylation is 1. The number of nitrogens with zero attached hydrogens (tertiary/aromatic N) is 1. The van der Waals surface area contributed by atoms with Crippen LogP contribution in [0.4, 0.5) is 0 Å².